The Kier molecular flexibility index (Phi) is 4.99. The second-order valence-electron chi connectivity index (χ2n) is 1.13. The monoisotopic (exact) mass is 104 g/mol. The molecule has 0 aliphatic carbocycles. The van der Waals surface area contributed by atoms with Gasteiger partial charge in [-0.1, -0.05) is 0 Å². The predicted molar refractivity (Wildman–Crippen MR) is 22.4 cm³/mol. The molecule has 0 radical (unpaired) electrons. The highest BCUT2D eigenvalue weighted by Crippen LogP contribution is 1.77. The standard InChI is InChI=1S/C4H8O3/c5-3-1-2-4-7-6/h4-5H,1-3H2. The summed E-state index contributed by atoms with van der Waals surface area (Å²) in [4.78, 5) is 0. The molecule has 0 aromatic heterocycles. The van der Waals surface area contributed by atoms with Gasteiger partial charge < -0.3 is 10.4 Å². The lowest BCUT2D eigenvalue weighted by molar-refractivity contribution is -1.04. The highest BCUT2D eigenvalue weighted by molar-refractivity contribution is 5.49. The number of aliphatic hydroxyl groups is 1. The predicted octanol–water partition coefficient (Wildman–Crippen LogP) is -1.23. The quantitative estimate of drug-likeness (QED) is 0.160. The van der Waals surface area contributed by atoms with E-state index in [1.165, 1.54) is 0 Å². The van der Waals surface area contributed by atoms with Crippen LogP contribution in [0.1, 0.15) is 12.8 Å². The Morgan fingerprint density at radius 3 is 2.86 bits per heavy atom. The zero-order chi connectivity index (χ0) is 5.54. The molecule has 42 valence electrons. The van der Waals surface area contributed by atoms with Crippen molar-refractivity contribution >= 4 is 6.29 Å². The van der Waals surface area contributed by atoms with E-state index >= 15 is 0 Å². The van der Waals surface area contributed by atoms with Crippen LogP contribution in [0, 0.1) is 0 Å². The van der Waals surface area contributed by atoms with Gasteiger partial charge in [-0.25, -0.2) is 0 Å². The van der Waals surface area contributed by atoms with Gasteiger partial charge in [0.15, 0.2) is 0 Å². The van der Waals surface area contributed by atoms with Gasteiger partial charge in [0.2, 0.25) is 0 Å². The minimum atomic E-state index is 0.111. The van der Waals surface area contributed by atoms with E-state index in [0.717, 1.165) is 6.29 Å². The normalized spacial score (nSPS) is 10.4. The summed E-state index contributed by atoms with van der Waals surface area (Å²) < 4.78 is 3.36. The van der Waals surface area contributed by atoms with E-state index in [4.69, 9.17) is 10.4 Å². The largest absolute Gasteiger partial charge is 0.463 e. The number of unbranched alkanes of at least 4 members (excludes halogenated alkanes) is 1. The van der Waals surface area contributed by atoms with Crippen LogP contribution >= 0.6 is 0 Å². The Morgan fingerprint density at radius 1 is 1.71 bits per heavy atom. The van der Waals surface area contributed by atoms with Crippen LogP contribution in [-0.2, 0) is 4.58 Å². The summed E-state index contributed by atoms with van der Waals surface area (Å²) in [5.41, 5.74) is 0. The van der Waals surface area contributed by atoms with Gasteiger partial charge in [-0.2, -0.15) is 4.58 Å². The fourth-order valence-electron chi connectivity index (χ4n) is 0.223. The second kappa shape index (κ2) is 5.43. The maximum Gasteiger partial charge on any atom is 0.318 e. The molecule has 0 rings (SSSR count). The second-order valence-corrected chi connectivity index (χ2v) is 1.13. The number of hydrogen-bond donors (Lipinski definition) is 1. The van der Waals surface area contributed by atoms with Gasteiger partial charge in [0.1, 0.15) is 0 Å². The van der Waals surface area contributed by atoms with E-state index in [-0.39, 0.29) is 6.61 Å². The maximum absolute atomic E-state index is 9.17. The molecule has 0 aliphatic heterocycles. The van der Waals surface area contributed by atoms with Crippen molar-refractivity contribution in [1.82, 2.24) is 0 Å². The number of aliphatic hydroxyl groups excluding tert-OH is 1. The van der Waals surface area contributed by atoms with Crippen molar-refractivity contribution in [2.24, 2.45) is 0 Å². The molecule has 0 unspecified atom stereocenters. The van der Waals surface area contributed by atoms with Crippen LogP contribution in [0.15, 0.2) is 0 Å². The summed E-state index contributed by atoms with van der Waals surface area (Å²) in [6, 6.07) is 0. The first-order chi connectivity index (χ1) is 3.41. The Morgan fingerprint density at radius 2 is 2.43 bits per heavy atom. The Balaban J connectivity index is 2.69. The summed E-state index contributed by atoms with van der Waals surface area (Å²) in [6.45, 7) is 0.111. The lowest BCUT2D eigenvalue weighted by Gasteiger charge is -1.78. The molecule has 0 amide bonds. The minimum Gasteiger partial charge on any atom is -0.463 e. The molecule has 1 N–H and O–H groups in total. The molecule has 0 saturated heterocycles. The molecule has 0 saturated carbocycles. The van der Waals surface area contributed by atoms with E-state index in [9.17, 15) is 0 Å². The van der Waals surface area contributed by atoms with E-state index in [1.54, 1.807) is 0 Å². The molecule has 0 aliphatic rings. The van der Waals surface area contributed by atoms with Crippen LogP contribution in [0.25, 0.3) is 0 Å². The highest BCUT2D eigenvalue weighted by atomic mass is 17.1. The van der Waals surface area contributed by atoms with Crippen molar-refractivity contribution < 1.29 is 14.9 Å². The Labute approximate surface area is 41.8 Å². The number of hydrogen-bond acceptors (Lipinski definition) is 2. The molecule has 3 heteroatoms. The van der Waals surface area contributed by atoms with Crippen molar-refractivity contribution in [2.75, 3.05) is 6.61 Å². The molecule has 3 nitrogen and oxygen atoms in total. The third-order valence-electron chi connectivity index (χ3n) is 0.548. The fourth-order valence-corrected chi connectivity index (χ4v) is 0.223. The van der Waals surface area contributed by atoms with Gasteiger partial charge in [0.05, 0.1) is 6.42 Å². The molecule has 0 spiro atoms. The average Bonchev–Trinajstić information content (AvgIpc) is 1.69. The van der Waals surface area contributed by atoms with Gasteiger partial charge in [0, 0.05) is 6.61 Å². The van der Waals surface area contributed by atoms with E-state index in [1.807, 2.05) is 0 Å². The van der Waals surface area contributed by atoms with Crippen LogP contribution in [0.2, 0.25) is 0 Å². The van der Waals surface area contributed by atoms with Crippen LogP contribution in [0.5, 0.6) is 0 Å². The smallest absolute Gasteiger partial charge is 0.318 e. The van der Waals surface area contributed by atoms with Crippen molar-refractivity contribution in [2.45, 2.75) is 12.8 Å². The summed E-state index contributed by atoms with van der Waals surface area (Å²) in [6.07, 6.45) is 2.25. The molecular weight excluding hydrogens is 96.0 g/mol. The fraction of sp³-hybridized carbons (Fsp3) is 0.750. The van der Waals surface area contributed by atoms with Gasteiger partial charge in [0.25, 0.3) is 0 Å². The summed E-state index contributed by atoms with van der Waals surface area (Å²) in [5.74, 6) is 0. The van der Waals surface area contributed by atoms with Crippen LogP contribution in [0.3, 0.4) is 0 Å². The Hall–Kier alpha value is -0.570. The molecular formula is C4H8O3. The van der Waals surface area contributed by atoms with Crippen LogP contribution in [-0.4, -0.2) is 18.0 Å². The number of rotatable bonds is 3. The third kappa shape index (κ3) is 5.43. The van der Waals surface area contributed by atoms with Crippen molar-refractivity contribution in [3.8, 4) is 0 Å². The van der Waals surface area contributed by atoms with E-state index in [2.05, 4.69) is 4.58 Å². The summed E-state index contributed by atoms with van der Waals surface area (Å²) in [7, 11) is 0. The molecule has 0 atom stereocenters. The first-order valence-corrected chi connectivity index (χ1v) is 2.13. The Bertz CT molecular complexity index is 50.9. The number of carbonyl (C=O) groups excluding carboxylic acids is 1. The van der Waals surface area contributed by atoms with Crippen molar-refractivity contribution in [1.29, 1.82) is 0 Å². The van der Waals surface area contributed by atoms with Gasteiger partial charge in [-0.3, -0.25) is 0 Å². The van der Waals surface area contributed by atoms with Gasteiger partial charge >= 0.3 is 6.29 Å². The molecule has 0 fully saturated rings. The maximum atomic E-state index is 9.17. The zero-order valence-electron chi connectivity index (χ0n) is 3.96. The molecule has 0 heterocycles. The SMILES string of the molecule is [O-][O+]=CCCCO. The number of aldehydes is 1. The van der Waals surface area contributed by atoms with Gasteiger partial charge in [-0.15, -0.1) is 0 Å². The van der Waals surface area contributed by atoms with E-state index in [0.29, 0.717) is 12.8 Å². The molecule has 0 aromatic rings. The molecule has 0 bridgehead atoms. The van der Waals surface area contributed by atoms with Crippen LogP contribution in [0.4, 0.5) is 0 Å². The lowest BCUT2D eigenvalue weighted by Crippen LogP contribution is -1.97. The lowest BCUT2D eigenvalue weighted by atomic mass is 10.4. The van der Waals surface area contributed by atoms with Crippen molar-refractivity contribution in [3.63, 3.8) is 0 Å². The minimum absolute atomic E-state index is 0.111. The topological polar surface area (TPSA) is 54.6 Å². The van der Waals surface area contributed by atoms with Crippen LogP contribution < -0.4 is 5.26 Å². The van der Waals surface area contributed by atoms with Crippen molar-refractivity contribution in [3.05, 3.63) is 0 Å². The first-order valence-electron chi connectivity index (χ1n) is 2.13. The van der Waals surface area contributed by atoms with Gasteiger partial charge in [-0.05, 0) is 6.42 Å². The van der Waals surface area contributed by atoms with E-state index < -0.39 is 0 Å². The highest BCUT2D eigenvalue weighted by Gasteiger charge is 1.83. The molecule has 0 aromatic carbocycles. The summed E-state index contributed by atoms with van der Waals surface area (Å²) >= 11 is 0. The zero-order valence-corrected chi connectivity index (χ0v) is 3.96. The molecule has 7 heavy (non-hydrogen) atoms. The average molecular weight is 104 g/mol. The third-order valence-corrected chi connectivity index (χ3v) is 0.548. The summed E-state index contributed by atoms with van der Waals surface area (Å²) in [5, 5.41) is 17.3. The first kappa shape index (κ1) is 6.43.